The smallest absolute Gasteiger partial charge is 0.196 e. The molecule has 0 aliphatic heterocycles. The van der Waals surface area contributed by atoms with E-state index in [9.17, 15) is 22.0 Å². The third-order valence-corrected chi connectivity index (χ3v) is 4.48. The SMILES string of the molecule is CCc1ccc([C@H]2CC[C@H](C(F)(F)C(F)(F)F)CC2)cc1. The van der Waals surface area contributed by atoms with Crippen LogP contribution in [0, 0.1) is 5.92 Å². The van der Waals surface area contributed by atoms with Crippen LogP contribution in [0.5, 0.6) is 0 Å². The molecule has 1 aliphatic carbocycles. The number of hydrogen-bond donors (Lipinski definition) is 0. The predicted octanol–water partition coefficient (Wildman–Crippen LogP) is 5.72. The fraction of sp³-hybridized carbons (Fsp3) is 0.625. The molecule has 0 nitrogen and oxygen atoms in total. The number of hydrogen-bond acceptors (Lipinski definition) is 0. The van der Waals surface area contributed by atoms with Crippen molar-refractivity contribution in [3.05, 3.63) is 35.4 Å². The topological polar surface area (TPSA) is 0 Å². The van der Waals surface area contributed by atoms with Crippen molar-refractivity contribution in [3.63, 3.8) is 0 Å². The van der Waals surface area contributed by atoms with Crippen molar-refractivity contribution in [2.24, 2.45) is 5.92 Å². The summed E-state index contributed by atoms with van der Waals surface area (Å²) in [5.41, 5.74) is 2.23. The minimum Gasteiger partial charge on any atom is -0.196 e. The standard InChI is InChI=1S/C16H19F5/c1-2-11-3-5-12(6-4-11)13-7-9-14(10-8-13)15(17,18)16(19,20)21/h3-6,13-14H,2,7-10H2,1H3/t13-,14-. The van der Waals surface area contributed by atoms with Gasteiger partial charge in [-0.25, -0.2) is 0 Å². The monoisotopic (exact) mass is 306 g/mol. The Morgan fingerprint density at radius 2 is 1.43 bits per heavy atom. The Bertz CT molecular complexity index is 453. The van der Waals surface area contributed by atoms with Gasteiger partial charge in [0.1, 0.15) is 0 Å². The molecule has 0 N–H and O–H groups in total. The Morgan fingerprint density at radius 3 is 1.86 bits per heavy atom. The number of benzene rings is 1. The lowest BCUT2D eigenvalue weighted by molar-refractivity contribution is -0.305. The number of aryl methyl sites for hydroxylation is 1. The van der Waals surface area contributed by atoms with Crippen molar-refractivity contribution in [3.8, 4) is 0 Å². The molecule has 0 heterocycles. The fourth-order valence-electron chi connectivity index (χ4n) is 3.05. The van der Waals surface area contributed by atoms with Crippen molar-refractivity contribution < 1.29 is 22.0 Å². The van der Waals surface area contributed by atoms with Gasteiger partial charge >= 0.3 is 12.1 Å². The average molecular weight is 306 g/mol. The Kier molecular flexibility index (Phi) is 4.59. The van der Waals surface area contributed by atoms with Gasteiger partial charge in [-0.15, -0.1) is 0 Å². The first-order valence-corrected chi connectivity index (χ1v) is 7.29. The first kappa shape index (κ1) is 16.2. The summed E-state index contributed by atoms with van der Waals surface area (Å²) >= 11 is 0. The van der Waals surface area contributed by atoms with Crippen LogP contribution in [0.4, 0.5) is 22.0 Å². The summed E-state index contributed by atoms with van der Waals surface area (Å²) in [6.45, 7) is 2.04. The van der Waals surface area contributed by atoms with E-state index in [1.165, 1.54) is 5.56 Å². The van der Waals surface area contributed by atoms with Crippen LogP contribution in [0.3, 0.4) is 0 Å². The van der Waals surface area contributed by atoms with Crippen LogP contribution in [0.2, 0.25) is 0 Å². The molecule has 0 bridgehead atoms. The third-order valence-electron chi connectivity index (χ3n) is 4.48. The van der Waals surface area contributed by atoms with Crippen LogP contribution in [0.15, 0.2) is 24.3 Å². The second-order valence-electron chi connectivity index (χ2n) is 5.76. The van der Waals surface area contributed by atoms with Gasteiger partial charge in [-0.3, -0.25) is 0 Å². The van der Waals surface area contributed by atoms with Crippen LogP contribution in [0.25, 0.3) is 0 Å². The van der Waals surface area contributed by atoms with Gasteiger partial charge in [0.15, 0.2) is 0 Å². The molecule has 0 amide bonds. The molecule has 21 heavy (non-hydrogen) atoms. The summed E-state index contributed by atoms with van der Waals surface area (Å²) in [6, 6.07) is 7.91. The lowest BCUT2D eigenvalue weighted by Crippen LogP contribution is -2.44. The summed E-state index contributed by atoms with van der Waals surface area (Å²) in [7, 11) is 0. The van der Waals surface area contributed by atoms with Gasteiger partial charge in [-0.2, -0.15) is 22.0 Å². The molecule has 0 atom stereocenters. The number of rotatable bonds is 3. The Hall–Kier alpha value is -1.13. The molecule has 1 aromatic carbocycles. The minimum atomic E-state index is -5.44. The average Bonchev–Trinajstić information content (AvgIpc) is 2.46. The van der Waals surface area contributed by atoms with Crippen molar-refractivity contribution in [2.45, 2.75) is 57.0 Å². The molecule has 1 aromatic rings. The highest BCUT2D eigenvalue weighted by atomic mass is 19.4. The molecular weight excluding hydrogens is 287 g/mol. The molecule has 118 valence electrons. The zero-order valence-corrected chi connectivity index (χ0v) is 11.9. The van der Waals surface area contributed by atoms with Gasteiger partial charge in [-0.05, 0) is 49.1 Å². The second kappa shape index (κ2) is 5.93. The van der Waals surface area contributed by atoms with E-state index in [-0.39, 0.29) is 18.8 Å². The van der Waals surface area contributed by atoms with Gasteiger partial charge in [0.2, 0.25) is 0 Å². The first-order valence-electron chi connectivity index (χ1n) is 7.29. The molecule has 0 aromatic heterocycles. The Balaban J connectivity index is 1.99. The van der Waals surface area contributed by atoms with E-state index in [2.05, 4.69) is 0 Å². The van der Waals surface area contributed by atoms with Gasteiger partial charge < -0.3 is 0 Å². The molecule has 2 rings (SSSR count). The fourth-order valence-corrected chi connectivity index (χ4v) is 3.05. The van der Waals surface area contributed by atoms with Gasteiger partial charge in [0, 0.05) is 5.92 Å². The molecule has 1 aliphatic rings. The summed E-state index contributed by atoms with van der Waals surface area (Å²) in [4.78, 5) is 0. The summed E-state index contributed by atoms with van der Waals surface area (Å²) in [5.74, 6) is -6.05. The van der Waals surface area contributed by atoms with Crippen LogP contribution >= 0.6 is 0 Å². The zero-order valence-electron chi connectivity index (χ0n) is 11.9. The zero-order chi connectivity index (χ0) is 15.7. The first-order chi connectivity index (χ1) is 9.75. The van der Waals surface area contributed by atoms with E-state index in [1.807, 2.05) is 31.2 Å². The van der Waals surface area contributed by atoms with Crippen LogP contribution in [0.1, 0.15) is 49.7 Å². The Morgan fingerprint density at radius 1 is 0.905 bits per heavy atom. The lowest BCUT2D eigenvalue weighted by atomic mass is 9.76. The lowest BCUT2D eigenvalue weighted by Gasteiger charge is -2.34. The van der Waals surface area contributed by atoms with Gasteiger partial charge in [0.05, 0.1) is 0 Å². The molecule has 1 saturated carbocycles. The van der Waals surface area contributed by atoms with E-state index < -0.39 is 18.0 Å². The van der Waals surface area contributed by atoms with E-state index in [0.717, 1.165) is 12.0 Å². The van der Waals surface area contributed by atoms with E-state index in [4.69, 9.17) is 0 Å². The molecular formula is C16H19F5. The number of alkyl halides is 5. The Labute approximate surface area is 121 Å². The van der Waals surface area contributed by atoms with Crippen LogP contribution < -0.4 is 0 Å². The normalized spacial score (nSPS) is 24.1. The number of halogens is 5. The van der Waals surface area contributed by atoms with Crippen LogP contribution in [-0.2, 0) is 6.42 Å². The summed E-state index contributed by atoms with van der Waals surface area (Å²) in [6.07, 6.45) is -3.89. The predicted molar refractivity (Wildman–Crippen MR) is 71.5 cm³/mol. The summed E-state index contributed by atoms with van der Waals surface area (Å²) in [5, 5.41) is 0. The van der Waals surface area contributed by atoms with Crippen molar-refractivity contribution in [1.82, 2.24) is 0 Å². The molecule has 1 fully saturated rings. The van der Waals surface area contributed by atoms with Crippen molar-refractivity contribution in [2.75, 3.05) is 0 Å². The highest BCUT2D eigenvalue weighted by Crippen LogP contribution is 2.49. The molecule has 5 heteroatoms. The maximum atomic E-state index is 13.3. The van der Waals surface area contributed by atoms with E-state index in [1.54, 1.807) is 0 Å². The molecule has 0 saturated heterocycles. The minimum absolute atomic E-state index is 0.0767. The van der Waals surface area contributed by atoms with Gasteiger partial charge in [-0.1, -0.05) is 31.2 Å². The maximum Gasteiger partial charge on any atom is 0.453 e. The molecule has 0 radical (unpaired) electrons. The summed E-state index contributed by atoms with van der Waals surface area (Å²) < 4.78 is 63.8. The van der Waals surface area contributed by atoms with Crippen molar-refractivity contribution >= 4 is 0 Å². The quantitative estimate of drug-likeness (QED) is 0.626. The highest BCUT2D eigenvalue weighted by molar-refractivity contribution is 5.25. The second-order valence-corrected chi connectivity index (χ2v) is 5.76. The highest BCUT2D eigenvalue weighted by Gasteiger charge is 2.62. The molecule has 0 unspecified atom stereocenters. The maximum absolute atomic E-state index is 13.3. The third kappa shape index (κ3) is 3.38. The van der Waals surface area contributed by atoms with Gasteiger partial charge in [0.25, 0.3) is 0 Å². The largest absolute Gasteiger partial charge is 0.453 e. The van der Waals surface area contributed by atoms with Crippen molar-refractivity contribution in [1.29, 1.82) is 0 Å². The van der Waals surface area contributed by atoms with Crippen LogP contribution in [-0.4, -0.2) is 12.1 Å². The van der Waals surface area contributed by atoms with E-state index in [0.29, 0.717) is 12.8 Å². The van der Waals surface area contributed by atoms with E-state index >= 15 is 0 Å². The molecule has 0 spiro atoms.